The lowest BCUT2D eigenvalue weighted by atomic mass is 9.97. The van der Waals surface area contributed by atoms with Gasteiger partial charge in [-0.3, -0.25) is 9.59 Å². The van der Waals surface area contributed by atoms with Gasteiger partial charge >= 0.3 is 0 Å². The molecule has 0 N–H and O–H groups in total. The average Bonchev–Trinajstić information content (AvgIpc) is 3.12. The standard InChI is InChI=1S/C23H27FN2O4/c1-15-5-8-25(13-16-6-9-30-10-7-16)23(28)22(15)26-14-17(11-21(26)27)19-4-3-18(29-2)12-20(19)24/h3-5,8,12,16-17H,6-7,9-11,13-14H2,1-2H3/t17-/m0/s1. The van der Waals surface area contributed by atoms with Gasteiger partial charge < -0.3 is 18.9 Å². The molecule has 2 aliphatic heterocycles. The molecule has 1 atom stereocenters. The summed E-state index contributed by atoms with van der Waals surface area (Å²) in [4.78, 5) is 27.6. The second-order valence-corrected chi connectivity index (χ2v) is 8.15. The zero-order valence-corrected chi connectivity index (χ0v) is 17.4. The van der Waals surface area contributed by atoms with Gasteiger partial charge in [-0.1, -0.05) is 6.07 Å². The molecule has 2 aliphatic rings. The number of halogens is 1. The molecule has 0 radical (unpaired) electrons. The van der Waals surface area contributed by atoms with Crippen molar-refractivity contribution in [1.82, 2.24) is 4.57 Å². The number of methoxy groups -OCH3 is 1. The number of pyridine rings is 1. The van der Waals surface area contributed by atoms with Crippen molar-refractivity contribution in [3.63, 3.8) is 0 Å². The van der Waals surface area contributed by atoms with E-state index in [9.17, 15) is 14.0 Å². The van der Waals surface area contributed by atoms with Crippen LogP contribution in [0, 0.1) is 18.7 Å². The van der Waals surface area contributed by atoms with Crippen molar-refractivity contribution >= 4 is 11.6 Å². The number of anilines is 1. The molecule has 0 bridgehead atoms. The van der Waals surface area contributed by atoms with Crippen molar-refractivity contribution in [3.05, 3.63) is 57.8 Å². The highest BCUT2D eigenvalue weighted by atomic mass is 19.1. The number of amides is 1. The molecule has 0 spiro atoms. The Kier molecular flexibility index (Phi) is 5.90. The van der Waals surface area contributed by atoms with Crippen LogP contribution in [0.4, 0.5) is 10.1 Å². The highest BCUT2D eigenvalue weighted by Crippen LogP contribution is 2.34. The summed E-state index contributed by atoms with van der Waals surface area (Å²) in [7, 11) is 1.48. The maximum atomic E-state index is 14.5. The molecule has 160 valence electrons. The molecule has 7 heteroatoms. The molecular weight excluding hydrogens is 387 g/mol. The molecule has 1 aromatic carbocycles. The summed E-state index contributed by atoms with van der Waals surface area (Å²) in [6, 6.07) is 6.57. The van der Waals surface area contributed by atoms with Crippen molar-refractivity contribution in [1.29, 1.82) is 0 Å². The summed E-state index contributed by atoms with van der Waals surface area (Å²) in [5, 5.41) is 0. The van der Waals surface area contributed by atoms with Crippen LogP contribution in [0.1, 0.15) is 36.3 Å². The molecule has 2 fully saturated rings. The fraction of sp³-hybridized carbons (Fsp3) is 0.478. The Labute approximate surface area is 175 Å². The number of carbonyl (C=O) groups excluding carboxylic acids is 1. The monoisotopic (exact) mass is 414 g/mol. The molecule has 0 aliphatic carbocycles. The Morgan fingerprint density at radius 3 is 2.67 bits per heavy atom. The summed E-state index contributed by atoms with van der Waals surface area (Å²) in [6.07, 6.45) is 3.84. The van der Waals surface area contributed by atoms with E-state index in [0.717, 1.165) is 31.6 Å². The lowest BCUT2D eigenvalue weighted by Crippen LogP contribution is -2.35. The Morgan fingerprint density at radius 1 is 1.20 bits per heavy atom. The SMILES string of the molecule is COc1ccc([C@H]2CC(=O)N(c3c(C)ccn(CC4CCOCC4)c3=O)C2)c(F)c1. The normalized spacial score (nSPS) is 20.0. The second kappa shape index (κ2) is 8.60. The minimum atomic E-state index is -0.393. The highest BCUT2D eigenvalue weighted by molar-refractivity contribution is 5.97. The van der Waals surface area contributed by atoms with Crippen molar-refractivity contribution in [2.24, 2.45) is 5.92 Å². The van der Waals surface area contributed by atoms with Crippen LogP contribution in [-0.4, -0.2) is 37.3 Å². The molecule has 1 amide bonds. The number of carbonyl (C=O) groups is 1. The first-order chi connectivity index (χ1) is 14.5. The lowest BCUT2D eigenvalue weighted by molar-refractivity contribution is -0.117. The van der Waals surface area contributed by atoms with Gasteiger partial charge in [-0.15, -0.1) is 0 Å². The molecule has 2 saturated heterocycles. The third kappa shape index (κ3) is 3.99. The average molecular weight is 414 g/mol. The fourth-order valence-corrected chi connectivity index (χ4v) is 4.43. The second-order valence-electron chi connectivity index (χ2n) is 8.15. The topological polar surface area (TPSA) is 60.8 Å². The van der Waals surface area contributed by atoms with Crippen molar-refractivity contribution in [2.45, 2.75) is 38.6 Å². The van der Waals surface area contributed by atoms with Crippen molar-refractivity contribution < 1.29 is 18.7 Å². The molecule has 30 heavy (non-hydrogen) atoms. The van der Waals surface area contributed by atoms with Crippen LogP contribution in [-0.2, 0) is 16.1 Å². The van der Waals surface area contributed by atoms with Gasteiger partial charge in [0, 0.05) is 50.9 Å². The van der Waals surface area contributed by atoms with Gasteiger partial charge in [0.15, 0.2) is 0 Å². The molecule has 0 unspecified atom stereocenters. The fourth-order valence-electron chi connectivity index (χ4n) is 4.43. The molecule has 0 saturated carbocycles. The summed E-state index contributed by atoms with van der Waals surface area (Å²) in [5.41, 5.74) is 1.48. The third-order valence-corrected chi connectivity index (χ3v) is 6.18. The van der Waals surface area contributed by atoms with E-state index in [1.54, 1.807) is 22.9 Å². The van der Waals surface area contributed by atoms with E-state index in [0.29, 0.717) is 36.0 Å². The predicted molar refractivity (Wildman–Crippen MR) is 112 cm³/mol. The molecule has 1 aromatic heterocycles. The van der Waals surface area contributed by atoms with E-state index in [1.165, 1.54) is 18.1 Å². The zero-order valence-electron chi connectivity index (χ0n) is 17.4. The van der Waals surface area contributed by atoms with Crippen LogP contribution in [0.2, 0.25) is 0 Å². The van der Waals surface area contributed by atoms with Gasteiger partial charge in [0.25, 0.3) is 5.56 Å². The van der Waals surface area contributed by atoms with E-state index in [2.05, 4.69) is 0 Å². The van der Waals surface area contributed by atoms with Crippen molar-refractivity contribution in [2.75, 3.05) is 31.8 Å². The van der Waals surface area contributed by atoms with E-state index in [1.807, 2.05) is 13.0 Å². The van der Waals surface area contributed by atoms with Crippen LogP contribution < -0.4 is 15.2 Å². The van der Waals surface area contributed by atoms with Gasteiger partial charge in [-0.05, 0) is 48.9 Å². The number of aromatic nitrogens is 1. The third-order valence-electron chi connectivity index (χ3n) is 6.18. The van der Waals surface area contributed by atoms with Gasteiger partial charge in [-0.25, -0.2) is 4.39 Å². The summed E-state index contributed by atoms with van der Waals surface area (Å²) < 4.78 is 26.7. The van der Waals surface area contributed by atoms with E-state index >= 15 is 0 Å². The summed E-state index contributed by atoms with van der Waals surface area (Å²) in [6.45, 7) is 4.19. The van der Waals surface area contributed by atoms with Crippen LogP contribution >= 0.6 is 0 Å². The highest BCUT2D eigenvalue weighted by Gasteiger charge is 2.35. The minimum absolute atomic E-state index is 0.153. The first kappa shape index (κ1) is 20.6. The molecule has 6 nitrogen and oxygen atoms in total. The van der Waals surface area contributed by atoms with E-state index in [4.69, 9.17) is 9.47 Å². The van der Waals surface area contributed by atoms with Gasteiger partial charge in [0.05, 0.1) is 7.11 Å². The number of nitrogens with zero attached hydrogens (tertiary/aromatic N) is 2. The Bertz CT molecular complexity index is 997. The lowest BCUT2D eigenvalue weighted by Gasteiger charge is -2.24. The van der Waals surface area contributed by atoms with E-state index in [-0.39, 0.29) is 23.8 Å². The van der Waals surface area contributed by atoms with Crippen molar-refractivity contribution in [3.8, 4) is 5.75 Å². The van der Waals surface area contributed by atoms with E-state index < -0.39 is 5.82 Å². The Morgan fingerprint density at radius 2 is 1.97 bits per heavy atom. The van der Waals surface area contributed by atoms with Crippen LogP contribution in [0.3, 0.4) is 0 Å². The summed E-state index contributed by atoms with van der Waals surface area (Å²) >= 11 is 0. The van der Waals surface area contributed by atoms with Crippen LogP contribution in [0.5, 0.6) is 5.75 Å². The van der Waals surface area contributed by atoms with Crippen LogP contribution in [0.25, 0.3) is 0 Å². The predicted octanol–water partition coefficient (Wildman–Crippen LogP) is 3.25. The quantitative estimate of drug-likeness (QED) is 0.754. The number of hydrogen-bond donors (Lipinski definition) is 0. The maximum absolute atomic E-state index is 14.5. The number of ether oxygens (including phenoxy) is 2. The number of benzene rings is 1. The number of aryl methyl sites for hydroxylation is 1. The summed E-state index contributed by atoms with van der Waals surface area (Å²) in [5.74, 6) is -0.0175. The van der Waals surface area contributed by atoms with Gasteiger partial charge in [-0.2, -0.15) is 0 Å². The molecule has 4 rings (SSSR count). The number of hydrogen-bond acceptors (Lipinski definition) is 4. The largest absolute Gasteiger partial charge is 0.497 e. The molecular formula is C23H27FN2O4. The maximum Gasteiger partial charge on any atom is 0.274 e. The molecule has 3 heterocycles. The Balaban J connectivity index is 1.60. The van der Waals surface area contributed by atoms with Crippen LogP contribution in [0.15, 0.2) is 35.3 Å². The number of rotatable bonds is 5. The Hall–Kier alpha value is -2.67. The smallest absolute Gasteiger partial charge is 0.274 e. The van der Waals surface area contributed by atoms with Gasteiger partial charge in [0.1, 0.15) is 17.3 Å². The first-order valence-electron chi connectivity index (χ1n) is 10.4. The molecule has 2 aromatic rings. The zero-order chi connectivity index (χ0) is 21.3. The first-order valence-corrected chi connectivity index (χ1v) is 10.4. The minimum Gasteiger partial charge on any atom is -0.497 e. The van der Waals surface area contributed by atoms with Gasteiger partial charge in [0.2, 0.25) is 5.91 Å².